The lowest BCUT2D eigenvalue weighted by atomic mass is 9.88. The zero-order valence-electron chi connectivity index (χ0n) is 17.7. The average Bonchev–Trinajstić information content (AvgIpc) is 3.33. The van der Waals surface area contributed by atoms with Crippen molar-refractivity contribution in [3.8, 4) is 17.0 Å². The Morgan fingerprint density at radius 1 is 1.10 bits per heavy atom. The summed E-state index contributed by atoms with van der Waals surface area (Å²) in [4.78, 5) is 29.2. The van der Waals surface area contributed by atoms with Gasteiger partial charge in [-0.2, -0.15) is 0 Å². The molecule has 0 unspecified atom stereocenters. The van der Waals surface area contributed by atoms with Crippen molar-refractivity contribution in [3.63, 3.8) is 0 Å². The van der Waals surface area contributed by atoms with Crippen molar-refractivity contribution in [2.45, 2.75) is 45.1 Å². The van der Waals surface area contributed by atoms with E-state index in [0.29, 0.717) is 17.7 Å². The molecule has 7 nitrogen and oxygen atoms in total. The minimum atomic E-state index is -1.41. The fourth-order valence-corrected chi connectivity index (χ4v) is 5.25. The first-order valence-corrected chi connectivity index (χ1v) is 11.0. The number of rotatable bonds is 3. The summed E-state index contributed by atoms with van der Waals surface area (Å²) in [6.07, 6.45) is 5.67. The van der Waals surface area contributed by atoms with Gasteiger partial charge in [-0.15, -0.1) is 0 Å². The topological polar surface area (TPSA) is 98.6 Å². The summed E-state index contributed by atoms with van der Waals surface area (Å²) in [6.45, 7) is 3.20. The average molecular weight is 421 g/mol. The lowest BCUT2D eigenvalue weighted by Gasteiger charge is -2.20. The number of pyridine rings is 1. The molecule has 5 rings (SSSR count). The van der Waals surface area contributed by atoms with Crippen LogP contribution in [0.3, 0.4) is 0 Å². The molecule has 7 heteroatoms. The number of aromatic hydroxyl groups is 1. The van der Waals surface area contributed by atoms with E-state index in [0.717, 1.165) is 55.5 Å². The Balaban J connectivity index is 1.70. The van der Waals surface area contributed by atoms with E-state index in [1.165, 1.54) is 23.9 Å². The second-order valence-corrected chi connectivity index (χ2v) is 8.75. The SMILES string of the molecule is Cn1c(CN2CCCC2)cc2c3c(ccc21)-c1[nH]c(=O)c(C(=O)O)c(O)c1CCCC3. The van der Waals surface area contributed by atoms with Crippen molar-refractivity contribution in [1.82, 2.24) is 14.5 Å². The molecule has 0 saturated carbocycles. The van der Waals surface area contributed by atoms with Gasteiger partial charge in [-0.3, -0.25) is 9.69 Å². The molecule has 2 aliphatic rings. The van der Waals surface area contributed by atoms with E-state index < -0.39 is 22.8 Å². The Kier molecular flexibility index (Phi) is 4.85. The van der Waals surface area contributed by atoms with Crippen LogP contribution >= 0.6 is 0 Å². The van der Waals surface area contributed by atoms with E-state index in [1.807, 2.05) is 6.07 Å². The zero-order chi connectivity index (χ0) is 21.7. The number of aromatic carboxylic acids is 1. The Hall–Kier alpha value is -3.06. The molecule has 31 heavy (non-hydrogen) atoms. The summed E-state index contributed by atoms with van der Waals surface area (Å²) in [5.74, 6) is -1.81. The highest BCUT2D eigenvalue weighted by Crippen LogP contribution is 2.39. The van der Waals surface area contributed by atoms with Gasteiger partial charge in [0.25, 0.3) is 5.56 Å². The first-order chi connectivity index (χ1) is 15.0. The molecule has 0 bridgehead atoms. The van der Waals surface area contributed by atoms with Crippen LogP contribution in [0.4, 0.5) is 0 Å². The number of carboxylic acid groups (broad SMARTS) is 1. The van der Waals surface area contributed by atoms with E-state index in [-0.39, 0.29) is 0 Å². The van der Waals surface area contributed by atoms with Crippen molar-refractivity contribution in [1.29, 1.82) is 0 Å². The molecule has 3 aromatic rings. The van der Waals surface area contributed by atoms with Gasteiger partial charge in [0.05, 0.1) is 5.69 Å². The summed E-state index contributed by atoms with van der Waals surface area (Å²) in [7, 11) is 2.10. The highest BCUT2D eigenvalue weighted by molar-refractivity contribution is 5.94. The molecule has 0 atom stereocenters. The Bertz CT molecular complexity index is 1250. The van der Waals surface area contributed by atoms with Gasteiger partial charge >= 0.3 is 5.97 Å². The smallest absolute Gasteiger partial charge is 0.345 e. The van der Waals surface area contributed by atoms with E-state index in [9.17, 15) is 19.8 Å². The zero-order valence-corrected chi connectivity index (χ0v) is 17.7. The Morgan fingerprint density at radius 2 is 1.81 bits per heavy atom. The third-order valence-corrected chi connectivity index (χ3v) is 6.90. The Labute approximate surface area is 179 Å². The van der Waals surface area contributed by atoms with Gasteiger partial charge in [0.15, 0.2) is 5.56 Å². The predicted octanol–water partition coefficient (Wildman–Crippen LogP) is 3.41. The van der Waals surface area contributed by atoms with E-state index in [1.54, 1.807) is 0 Å². The molecule has 1 aromatic carbocycles. The van der Waals surface area contributed by atoms with Gasteiger partial charge < -0.3 is 19.8 Å². The number of hydrogen-bond acceptors (Lipinski definition) is 4. The number of hydrogen-bond donors (Lipinski definition) is 3. The first kappa shape index (κ1) is 19.9. The number of fused-ring (bicyclic) bond motifs is 5. The van der Waals surface area contributed by atoms with E-state index in [4.69, 9.17) is 0 Å². The lowest BCUT2D eigenvalue weighted by Crippen LogP contribution is -2.21. The number of nitrogens with zero attached hydrogens (tertiary/aromatic N) is 2. The third-order valence-electron chi connectivity index (χ3n) is 6.90. The second kappa shape index (κ2) is 7.57. The number of carbonyl (C=O) groups is 1. The molecule has 0 amide bonds. The molecule has 0 spiro atoms. The highest BCUT2D eigenvalue weighted by Gasteiger charge is 2.26. The molecule has 1 saturated heterocycles. The van der Waals surface area contributed by atoms with Crippen LogP contribution in [0.1, 0.15) is 52.9 Å². The molecule has 1 fully saturated rings. The summed E-state index contributed by atoms with van der Waals surface area (Å²) >= 11 is 0. The van der Waals surface area contributed by atoms with E-state index in [2.05, 4.69) is 33.6 Å². The standard InChI is InChI=1S/C24H27N3O4/c1-26-14(13-27-10-4-5-11-27)12-18-15-6-2-3-7-17-21(16(15)8-9-19(18)26)25-23(29)20(22(17)28)24(30)31/h8-9,12H,2-7,10-11,13H2,1H3,(H,30,31)(H2,25,28,29). The van der Waals surface area contributed by atoms with Crippen LogP contribution in [-0.4, -0.2) is 43.7 Å². The molecule has 0 radical (unpaired) electrons. The number of H-pyrrole nitrogens is 1. The van der Waals surface area contributed by atoms with Gasteiger partial charge in [-0.1, -0.05) is 6.07 Å². The molecule has 3 heterocycles. The van der Waals surface area contributed by atoms with E-state index >= 15 is 0 Å². The number of carboxylic acids is 1. The molecule has 162 valence electrons. The maximum Gasteiger partial charge on any atom is 0.345 e. The number of aromatic amines is 1. The lowest BCUT2D eigenvalue weighted by molar-refractivity contribution is 0.0691. The molecular weight excluding hydrogens is 394 g/mol. The largest absolute Gasteiger partial charge is 0.506 e. The van der Waals surface area contributed by atoms with Gasteiger partial charge in [0.1, 0.15) is 5.75 Å². The van der Waals surface area contributed by atoms with Crippen molar-refractivity contribution in [2.24, 2.45) is 7.05 Å². The van der Waals surface area contributed by atoms with Crippen LogP contribution in [0.25, 0.3) is 22.2 Å². The minimum absolute atomic E-state index is 0.401. The van der Waals surface area contributed by atoms with Crippen molar-refractivity contribution >= 4 is 16.9 Å². The van der Waals surface area contributed by atoms with Crippen molar-refractivity contribution in [2.75, 3.05) is 13.1 Å². The number of aryl methyl sites for hydroxylation is 2. The molecule has 1 aliphatic carbocycles. The number of likely N-dealkylation sites (tertiary alicyclic amines) is 1. The summed E-state index contributed by atoms with van der Waals surface area (Å²) in [6, 6.07) is 6.32. The van der Waals surface area contributed by atoms with Gasteiger partial charge in [0.2, 0.25) is 0 Å². The van der Waals surface area contributed by atoms with Crippen LogP contribution in [-0.2, 0) is 26.4 Å². The fourth-order valence-electron chi connectivity index (χ4n) is 5.25. The quantitative estimate of drug-likeness (QED) is 0.602. The summed E-state index contributed by atoms with van der Waals surface area (Å²) < 4.78 is 2.25. The summed E-state index contributed by atoms with van der Waals surface area (Å²) in [5.41, 5.74) is 4.19. The monoisotopic (exact) mass is 421 g/mol. The van der Waals surface area contributed by atoms with Crippen molar-refractivity contribution in [3.05, 3.63) is 50.9 Å². The van der Waals surface area contributed by atoms with Crippen LogP contribution < -0.4 is 5.56 Å². The highest BCUT2D eigenvalue weighted by atomic mass is 16.4. The van der Waals surface area contributed by atoms with Crippen molar-refractivity contribution < 1.29 is 15.0 Å². The first-order valence-electron chi connectivity index (χ1n) is 11.0. The maximum absolute atomic E-state index is 12.5. The molecule has 2 aromatic heterocycles. The number of nitrogens with one attached hydrogen (secondary N) is 1. The molecular formula is C24H27N3O4. The normalized spacial score (nSPS) is 16.7. The maximum atomic E-state index is 12.5. The number of benzene rings is 1. The fraction of sp³-hybridized carbons (Fsp3) is 0.417. The predicted molar refractivity (Wildman–Crippen MR) is 119 cm³/mol. The number of aromatic nitrogens is 2. The van der Waals surface area contributed by atoms with Gasteiger partial charge in [-0.25, -0.2) is 4.79 Å². The van der Waals surface area contributed by atoms with Crippen LogP contribution in [0.5, 0.6) is 5.75 Å². The second-order valence-electron chi connectivity index (χ2n) is 8.75. The Morgan fingerprint density at radius 3 is 2.52 bits per heavy atom. The van der Waals surface area contributed by atoms with Gasteiger partial charge in [-0.05, 0) is 69.3 Å². The van der Waals surface area contributed by atoms with Crippen LogP contribution in [0.15, 0.2) is 23.0 Å². The molecule has 3 N–H and O–H groups in total. The minimum Gasteiger partial charge on any atom is -0.506 e. The molecule has 1 aliphatic heterocycles. The third kappa shape index (κ3) is 3.24. The van der Waals surface area contributed by atoms with Crippen LogP contribution in [0, 0.1) is 0 Å². The van der Waals surface area contributed by atoms with Gasteiger partial charge in [0, 0.05) is 41.3 Å². The van der Waals surface area contributed by atoms with Crippen LogP contribution in [0.2, 0.25) is 0 Å². The summed E-state index contributed by atoms with van der Waals surface area (Å²) in [5, 5.41) is 21.2.